The summed E-state index contributed by atoms with van der Waals surface area (Å²) in [6.07, 6.45) is 6.87. The molecule has 1 saturated carbocycles. The molecule has 5 heteroatoms. The minimum absolute atomic E-state index is 0.259. The summed E-state index contributed by atoms with van der Waals surface area (Å²) >= 11 is 0. The first kappa shape index (κ1) is 13.3. The fourth-order valence-corrected chi connectivity index (χ4v) is 4.95. The lowest BCUT2D eigenvalue weighted by Crippen LogP contribution is -2.43. The summed E-state index contributed by atoms with van der Waals surface area (Å²) < 4.78 is 23.2. The fraction of sp³-hybridized carbons (Fsp3) is 1.00. The summed E-state index contributed by atoms with van der Waals surface area (Å²) in [5.41, 5.74) is 5.58. The molecule has 0 amide bonds. The smallest absolute Gasteiger partial charge is 0.151 e. The largest absolute Gasteiger partial charge is 0.330 e. The first-order valence-electron chi connectivity index (χ1n) is 6.78. The van der Waals surface area contributed by atoms with Gasteiger partial charge in [0.1, 0.15) is 0 Å². The number of hydrogen-bond acceptors (Lipinski definition) is 4. The summed E-state index contributed by atoms with van der Waals surface area (Å²) in [5, 5.41) is 0. The molecule has 0 aromatic carbocycles. The van der Waals surface area contributed by atoms with E-state index < -0.39 is 9.84 Å². The molecule has 1 unspecified atom stereocenters. The van der Waals surface area contributed by atoms with Gasteiger partial charge in [0.2, 0.25) is 0 Å². The van der Waals surface area contributed by atoms with Gasteiger partial charge in [0.25, 0.3) is 0 Å². The van der Waals surface area contributed by atoms with E-state index in [4.69, 9.17) is 5.73 Å². The van der Waals surface area contributed by atoms with Crippen LogP contribution < -0.4 is 5.73 Å². The second-order valence-corrected chi connectivity index (χ2v) is 7.60. The number of nitrogens with two attached hydrogens (primary N) is 1. The van der Waals surface area contributed by atoms with Crippen LogP contribution in [-0.2, 0) is 9.84 Å². The number of rotatable bonds is 5. The van der Waals surface area contributed by atoms with Crippen molar-refractivity contribution >= 4 is 9.84 Å². The van der Waals surface area contributed by atoms with Gasteiger partial charge in [-0.05, 0) is 38.8 Å². The summed E-state index contributed by atoms with van der Waals surface area (Å²) in [5.74, 6) is 0.748. The van der Waals surface area contributed by atoms with Gasteiger partial charge < -0.3 is 5.73 Å². The molecule has 0 aromatic heterocycles. The molecule has 17 heavy (non-hydrogen) atoms. The molecule has 4 nitrogen and oxygen atoms in total. The van der Waals surface area contributed by atoms with Crippen molar-refractivity contribution in [2.45, 2.75) is 50.6 Å². The van der Waals surface area contributed by atoms with Crippen molar-refractivity contribution in [2.24, 2.45) is 5.73 Å². The van der Waals surface area contributed by atoms with E-state index in [0.29, 0.717) is 24.1 Å². The Hall–Kier alpha value is -0.130. The van der Waals surface area contributed by atoms with Crippen molar-refractivity contribution in [1.29, 1.82) is 0 Å². The molecule has 0 bridgehead atoms. The van der Waals surface area contributed by atoms with Crippen LogP contribution >= 0.6 is 0 Å². The topological polar surface area (TPSA) is 63.4 Å². The Morgan fingerprint density at radius 1 is 1.12 bits per heavy atom. The van der Waals surface area contributed by atoms with Crippen LogP contribution in [0.1, 0.15) is 38.5 Å². The molecule has 2 aliphatic rings. The zero-order chi connectivity index (χ0) is 12.3. The second kappa shape index (κ2) is 5.67. The summed E-state index contributed by atoms with van der Waals surface area (Å²) in [6, 6.07) is 0.870. The Bertz CT molecular complexity index is 336. The van der Waals surface area contributed by atoms with Gasteiger partial charge in [-0.2, -0.15) is 0 Å². The molecular weight excluding hydrogens is 236 g/mol. The third kappa shape index (κ3) is 3.42. The molecule has 0 radical (unpaired) electrons. The maximum Gasteiger partial charge on any atom is 0.151 e. The van der Waals surface area contributed by atoms with E-state index in [0.717, 1.165) is 19.4 Å². The van der Waals surface area contributed by atoms with Crippen molar-refractivity contribution in [3.05, 3.63) is 0 Å². The molecule has 1 saturated heterocycles. The number of nitrogens with zero attached hydrogens (tertiary/aromatic N) is 1. The van der Waals surface area contributed by atoms with Gasteiger partial charge in [-0.1, -0.05) is 12.8 Å². The van der Waals surface area contributed by atoms with Crippen LogP contribution in [0.4, 0.5) is 0 Å². The SMILES string of the molecule is NCCCN(C1CCCC1)C1CCS(=O)(=O)C1. The lowest BCUT2D eigenvalue weighted by molar-refractivity contribution is 0.147. The number of sulfone groups is 1. The van der Waals surface area contributed by atoms with Crippen molar-refractivity contribution < 1.29 is 8.42 Å². The van der Waals surface area contributed by atoms with Crippen LogP contribution in [0.15, 0.2) is 0 Å². The highest BCUT2D eigenvalue weighted by atomic mass is 32.2. The first-order chi connectivity index (χ1) is 8.12. The van der Waals surface area contributed by atoms with Gasteiger partial charge in [0, 0.05) is 12.1 Å². The monoisotopic (exact) mass is 260 g/mol. The van der Waals surface area contributed by atoms with Crippen LogP contribution in [0.5, 0.6) is 0 Å². The molecule has 0 aromatic rings. The average molecular weight is 260 g/mol. The molecule has 100 valence electrons. The van der Waals surface area contributed by atoms with E-state index in [2.05, 4.69) is 4.90 Å². The molecule has 1 aliphatic heterocycles. The average Bonchev–Trinajstić information content (AvgIpc) is 2.89. The maximum atomic E-state index is 11.6. The van der Waals surface area contributed by atoms with E-state index in [1.165, 1.54) is 25.7 Å². The van der Waals surface area contributed by atoms with E-state index in [-0.39, 0.29) is 6.04 Å². The van der Waals surface area contributed by atoms with Gasteiger partial charge >= 0.3 is 0 Å². The third-order valence-corrected chi connectivity index (χ3v) is 5.84. The van der Waals surface area contributed by atoms with Crippen LogP contribution in [0.25, 0.3) is 0 Å². The highest BCUT2D eigenvalue weighted by Gasteiger charge is 2.35. The van der Waals surface area contributed by atoms with Crippen molar-refractivity contribution in [2.75, 3.05) is 24.6 Å². The Labute approximate surface area is 104 Å². The normalized spacial score (nSPS) is 29.2. The van der Waals surface area contributed by atoms with Crippen molar-refractivity contribution in [1.82, 2.24) is 4.90 Å². The van der Waals surface area contributed by atoms with Crippen LogP contribution in [0.2, 0.25) is 0 Å². The lowest BCUT2D eigenvalue weighted by atomic mass is 10.1. The highest BCUT2D eigenvalue weighted by molar-refractivity contribution is 7.91. The van der Waals surface area contributed by atoms with Crippen LogP contribution in [0, 0.1) is 0 Å². The fourth-order valence-electron chi connectivity index (χ4n) is 3.21. The van der Waals surface area contributed by atoms with E-state index >= 15 is 0 Å². The predicted octanol–water partition coefficient (Wildman–Crippen LogP) is 0.767. The predicted molar refractivity (Wildman–Crippen MR) is 69.7 cm³/mol. The zero-order valence-corrected chi connectivity index (χ0v) is 11.3. The van der Waals surface area contributed by atoms with Crippen molar-refractivity contribution in [3.63, 3.8) is 0 Å². The van der Waals surface area contributed by atoms with Crippen LogP contribution in [-0.4, -0.2) is 50.0 Å². The van der Waals surface area contributed by atoms with E-state index in [9.17, 15) is 8.42 Å². The van der Waals surface area contributed by atoms with Gasteiger partial charge in [0.05, 0.1) is 11.5 Å². The Kier molecular flexibility index (Phi) is 4.44. The molecule has 1 heterocycles. The zero-order valence-electron chi connectivity index (χ0n) is 10.5. The minimum atomic E-state index is -2.77. The molecule has 1 atom stereocenters. The summed E-state index contributed by atoms with van der Waals surface area (Å²) in [7, 11) is -2.77. The quantitative estimate of drug-likeness (QED) is 0.793. The summed E-state index contributed by atoms with van der Waals surface area (Å²) in [6.45, 7) is 1.67. The standard InChI is InChI=1S/C12H24N2O2S/c13-7-3-8-14(11-4-1-2-5-11)12-6-9-17(15,16)10-12/h11-12H,1-10,13H2. The Morgan fingerprint density at radius 3 is 2.35 bits per heavy atom. The summed E-state index contributed by atoms with van der Waals surface area (Å²) in [4.78, 5) is 2.45. The second-order valence-electron chi connectivity index (χ2n) is 5.38. The first-order valence-corrected chi connectivity index (χ1v) is 8.61. The maximum absolute atomic E-state index is 11.6. The minimum Gasteiger partial charge on any atom is -0.330 e. The molecule has 2 rings (SSSR count). The number of hydrogen-bond donors (Lipinski definition) is 1. The lowest BCUT2D eigenvalue weighted by Gasteiger charge is -2.33. The van der Waals surface area contributed by atoms with E-state index in [1.54, 1.807) is 0 Å². The van der Waals surface area contributed by atoms with Crippen molar-refractivity contribution in [3.8, 4) is 0 Å². The molecule has 0 spiro atoms. The Balaban J connectivity index is 1.99. The van der Waals surface area contributed by atoms with Crippen LogP contribution in [0.3, 0.4) is 0 Å². The molecule has 1 aliphatic carbocycles. The molecular formula is C12H24N2O2S. The van der Waals surface area contributed by atoms with Gasteiger partial charge in [0.15, 0.2) is 9.84 Å². The van der Waals surface area contributed by atoms with Gasteiger partial charge in [-0.15, -0.1) is 0 Å². The Morgan fingerprint density at radius 2 is 1.82 bits per heavy atom. The third-order valence-electron chi connectivity index (χ3n) is 4.09. The highest BCUT2D eigenvalue weighted by Crippen LogP contribution is 2.28. The van der Waals surface area contributed by atoms with E-state index in [1.807, 2.05) is 0 Å². The van der Waals surface area contributed by atoms with Gasteiger partial charge in [-0.25, -0.2) is 8.42 Å². The molecule has 2 N–H and O–H groups in total. The molecule has 2 fully saturated rings. The van der Waals surface area contributed by atoms with Gasteiger partial charge in [-0.3, -0.25) is 4.90 Å².